The van der Waals surface area contributed by atoms with E-state index in [4.69, 9.17) is 0 Å². The molecule has 1 aromatic rings. The molecule has 2 fully saturated rings. The number of hydrogen-bond acceptors (Lipinski definition) is 1. The Morgan fingerprint density at radius 1 is 1.31 bits per heavy atom. The van der Waals surface area contributed by atoms with Gasteiger partial charge < -0.3 is 5.11 Å². The molecule has 1 aromatic carbocycles. The molecule has 2 saturated carbocycles. The summed E-state index contributed by atoms with van der Waals surface area (Å²) in [4.78, 5) is 11.6. The van der Waals surface area contributed by atoms with Gasteiger partial charge in [0.05, 0.1) is 5.92 Å². The van der Waals surface area contributed by atoms with Crippen LogP contribution in [0.2, 0.25) is 0 Å². The molecular formula is C22H28F2O2. The van der Waals surface area contributed by atoms with Crippen LogP contribution in [-0.2, 0) is 4.79 Å². The van der Waals surface area contributed by atoms with Crippen LogP contribution in [0.15, 0.2) is 30.4 Å². The highest BCUT2D eigenvalue weighted by Crippen LogP contribution is 2.56. The van der Waals surface area contributed by atoms with Gasteiger partial charge in [0.15, 0.2) is 0 Å². The lowest BCUT2D eigenvalue weighted by atomic mass is 9.79. The fourth-order valence-corrected chi connectivity index (χ4v) is 5.12. The lowest BCUT2D eigenvalue weighted by Crippen LogP contribution is -2.22. The maximum absolute atomic E-state index is 14.3. The fraction of sp³-hybridized carbons (Fsp3) is 0.591. The summed E-state index contributed by atoms with van der Waals surface area (Å²) in [6, 6.07) is 3.45. The summed E-state index contributed by atoms with van der Waals surface area (Å²) in [7, 11) is 0. The zero-order chi connectivity index (χ0) is 18.7. The molecular weight excluding hydrogens is 334 g/mol. The molecule has 0 aliphatic heterocycles. The van der Waals surface area contributed by atoms with Crippen LogP contribution in [0.25, 0.3) is 0 Å². The van der Waals surface area contributed by atoms with E-state index in [-0.39, 0.29) is 0 Å². The number of benzene rings is 1. The van der Waals surface area contributed by atoms with E-state index >= 15 is 0 Å². The van der Waals surface area contributed by atoms with Gasteiger partial charge in [0.2, 0.25) is 0 Å². The van der Waals surface area contributed by atoms with Gasteiger partial charge in [0.1, 0.15) is 11.6 Å². The second-order valence-electron chi connectivity index (χ2n) is 8.18. The minimum atomic E-state index is -0.928. The highest BCUT2D eigenvalue weighted by Gasteiger charge is 2.43. The Labute approximate surface area is 154 Å². The summed E-state index contributed by atoms with van der Waals surface area (Å²) in [6.07, 6.45) is 12.7. The molecule has 3 rings (SSSR count). The number of carboxylic acids is 1. The van der Waals surface area contributed by atoms with E-state index in [1.165, 1.54) is 44.2 Å². The first-order chi connectivity index (χ1) is 12.4. The Bertz CT molecular complexity index is 675. The van der Waals surface area contributed by atoms with Crippen molar-refractivity contribution in [1.29, 1.82) is 0 Å². The quantitative estimate of drug-likeness (QED) is 0.569. The van der Waals surface area contributed by atoms with Gasteiger partial charge in [-0.3, -0.25) is 4.79 Å². The summed E-state index contributed by atoms with van der Waals surface area (Å²) < 4.78 is 27.5. The van der Waals surface area contributed by atoms with Crippen molar-refractivity contribution in [2.24, 2.45) is 17.3 Å². The average molecular weight is 362 g/mol. The molecule has 2 aliphatic carbocycles. The summed E-state index contributed by atoms with van der Waals surface area (Å²) in [6.45, 7) is 1.80. The zero-order valence-corrected chi connectivity index (χ0v) is 15.4. The van der Waals surface area contributed by atoms with E-state index in [2.05, 4.69) is 6.08 Å². The molecule has 0 heterocycles. The average Bonchev–Trinajstić information content (AvgIpc) is 3.19. The van der Waals surface area contributed by atoms with Crippen LogP contribution in [0.3, 0.4) is 0 Å². The number of carbonyl (C=O) groups is 1. The molecule has 142 valence electrons. The molecule has 2 nitrogen and oxygen atoms in total. The standard InChI is InChI=1S/C22H28F2O2/c1-2-17(21(25)26)18(19-7-6-16(23)13-20(19)24)5-3-4-10-22-11-8-15(14-22)9-12-22/h3-4,6-7,13,15,17-18H,2,5,8-12,14H2,1H3,(H,25,26). The van der Waals surface area contributed by atoms with Crippen LogP contribution in [-0.4, -0.2) is 11.1 Å². The van der Waals surface area contributed by atoms with Crippen molar-refractivity contribution >= 4 is 5.97 Å². The summed E-state index contributed by atoms with van der Waals surface area (Å²) in [5, 5.41) is 9.54. The summed E-state index contributed by atoms with van der Waals surface area (Å²) in [5.41, 5.74) is 0.750. The Balaban J connectivity index is 1.73. The molecule has 4 heteroatoms. The van der Waals surface area contributed by atoms with Crippen molar-refractivity contribution in [3.63, 3.8) is 0 Å². The molecule has 2 aliphatic rings. The van der Waals surface area contributed by atoms with Crippen LogP contribution in [0.1, 0.15) is 69.8 Å². The highest BCUT2D eigenvalue weighted by molar-refractivity contribution is 5.71. The molecule has 26 heavy (non-hydrogen) atoms. The molecule has 2 atom stereocenters. The van der Waals surface area contributed by atoms with Gasteiger partial charge in [-0.05, 0) is 74.3 Å². The topological polar surface area (TPSA) is 37.3 Å². The number of rotatable bonds is 8. The minimum absolute atomic E-state index is 0.297. The third-order valence-electron chi connectivity index (χ3n) is 6.60. The van der Waals surface area contributed by atoms with E-state index in [1.807, 2.05) is 6.08 Å². The lowest BCUT2D eigenvalue weighted by Gasteiger charge is -2.25. The van der Waals surface area contributed by atoms with Crippen molar-refractivity contribution in [1.82, 2.24) is 0 Å². The third kappa shape index (κ3) is 3.99. The lowest BCUT2D eigenvalue weighted by molar-refractivity contribution is -0.142. The Morgan fingerprint density at radius 3 is 2.58 bits per heavy atom. The first-order valence-corrected chi connectivity index (χ1v) is 9.77. The van der Waals surface area contributed by atoms with Crippen LogP contribution in [0.5, 0.6) is 0 Å². The van der Waals surface area contributed by atoms with Crippen LogP contribution >= 0.6 is 0 Å². The Hall–Kier alpha value is -1.71. The first kappa shape index (κ1) is 19.1. The Morgan fingerprint density at radius 2 is 2.04 bits per heavy atom. The van der Waals surface area contributed by atoms with Gasteiger partial charge in [-0.15, -0.1) is 0 Å². The van der Waals surface area contributed by atoms with Crippen molar-refractivity contribution < 1.29 is 18.7 Å². The summed E-state index contributed by atoms with van der Waals surface area (Å²) in [5.74, 6) is -2.48. The van der Waals surface area contributed by atoms with E-state index in [1.54, 1.807) is 6.92 Å². The monoisotopic (exact) mass is 362 g/mol. The predicted molar refractivity (Wildman–Crippen MR) is 97.9 cm³/mol. The highest BCUT2D eigenvalue weighted by atomic mass is 19.1. The van der Waals surface area contributed by atoms with E-state index in [0.29, 0.717) is 23.8 Å². The van der Waals surface area contributed by atoms with Crippen LogP contribution in [0.4, 0.5) is 8.78 Å². The second-order valence-corrected chi connectivity index (χ2v) is 8.18. The van der Waals surface area contributed by atoms with Crippen molar-refractivity contribution in [2.45, 2.75) is 64.2 Å². The van der Waals surface area contributed by atoms with E-state index < -0.39 is 29.4 Å². The largest absolute Gasteiger partial charge is 0.481 e. The van der Waals surface area contributed by atoms with Gasteiger partial charge in [0, 0.05) is 12.0 Å². The van der Waals surface area contributed by atoms with E-state index in [0.717, 1.165) is 18.4 Å². The maximum atomic E-state index is 14.3. The number of aliphatic carboxylic acids is 1. The molecule has 0 spiro atoms. The zero-order valence-electron chi connectivity index (χ0n) is 15.4. The first-order valence-electron chi connectivity index (χ1n) is 9.77. The number of allylic oxidation sites excluding steroid dienone is 2. The van der Waals surface area contributed by atoms with Crippen LogP contribution in [0, 0.1) is 28.9 Å². The fourth-order valence-electron chi connectivity index (χ4n) is 5.12. The smallest absolute Gasteiger partial charge is 0.307 e. The molecule has 0 aromatic heterocycles. The normalized spacial score (nSPS) is 27.1. The molecule has 2 unspecified atom stereocenters. The SMILES string of the molecule is CCC(C(=O)O)C(CC=CCC12CCC(CC1)C2)c1ccc(F)cc1F. The van der Waals surface area contributed by atoms with Gasteiger partial charge in [-0.25, -0.2) is 8.78 Å². The number of hydrogen-bond donors (Lipinski definition) is 1. The Kier molecular flexibility index (Phi) is 5.79. The predicted octanol–water partition coefficient (Wildman–Crippen LogP) is 6.08. The van der Waals surface area contributed by atoms with Crippen molar-refractivity contribution in [3.05, 3.63) is 47.5 Å². The number of carboxylic acid groups (broad SMARTS) is 1. The van der Waals surface area contributed by atoms with Gasteiger partial charge in [-0.1, -0.05) is 25.1 Å². The molecule has 0 radical (unpaired) electrons. The molecule has 2 bridgehead atoms. The minimum Gasteiger partial charge on any atom is -0.481 e. The van der Waals surface area contributed by atoms with E-state index in [9.17, 15) is 18.7 Å². The number of fused-ring (bicyclic) bond motifs is 2. The van der Waals surface area contributed by atoms with Crippen molar-refractivity contribution in [3.8, 4) is 0 Å². The maximum Gasteiger partial charge on any atom is 0.307 e. The van der Waals surface area contributed by atoms with Gasteiger partial charge >= 0.3 is 5.97 Å². The summed E-state index contributed by atoms with van der Waals surface area (Å²) >= 11 is 0. The number of halogens is 2. The third-order valence-corrected chi connectivity index (χ3v) is 6.60. The van der Waals surface area contributed by atoms with Gasteiger partial charge in [-0.2, -0.15) is 0 Å². The van der Waals surface area contributed by atoms with Crippen LogP contribution < -0.4 is 0 Å². The van der Waals surface area contributed by atoms with Crippen molar-refractivity contribution in [2.75, 3.05) is 0 Å². The second kappa shape index (κ2) is 7.89. The molecule has 0 amide bonds. The van der Waals surface area contributed by atoms with Gasteiger partial charge in [0.25, 0.3) is 0 Å². The molecule has 1 N–H and O–H groups in total. The molecule has 0 saturated heterocycles.